The molecule has 0 heterocycles. The Bertz CT molecular complexity index is 243. The van der Waals surface area contributed by atoms with Gasteiger partial charge in [-0.25, -0.2) is 0 Å². The van der Waals surface area contributed by atoms with Crippen molar-refractivity contribution in [3.8, 4) is 0 Å². The van der Waals surface area contributed by atoms with Crippen molar-refractivity contribution >= 4 is 0 Å². The second-order valence-corrected chi connectivity index (χ2v) is 6.75. The Morgan fingerprint density at radius 3 is 2.33 bits per heavy atom. The van der Waals surface area contributed by atoms with Gasteiger partial charge in [0.05, 0.1) is 19.3 Å². The third-order valence-electron chi connectivity index (χ3n) is 4.55. The van der Waals surface area contributed by atoms with Crippen LogP contribution in [-0.4, -0.2) is 39.1 Å². The normalized spacial score (nSPS) is 26.4. The van der Waals surface area contributed by atoms with Gasteiger partial charge in [-0.1, -0.05) is 27.2 Å². The topological polar surface area (TPSA) is 27.7 Å². The summed E-state index contributed by atoms with van der Waals surface area (Å²) in [4.78, 5) is 0. The molecule has 1 rings (SSSR count). The monoisotopic (exact) mass is 300 g/mol. The van der Waals surface area contributed by atoms with Crippen molar-refractivity contribution in [1.82, 2.24) is 0 Å². The highest BCUT2D eigenvalue weighted by Gasteiger charge is 2.31. The zero-order chi connectivity index (χ0) is 15.5. The predicted molar refractivity (Wildman–Crippen MR) is 87.6 cm³/mol. The molecule has 1 aliphatic carbocycles. The molecule has 1 saturated carbocycles. The van der Waals surface area contributed by atoms with Gasteiger partial charge in [-0.05, 0) is 50.4 Å². The zero-order valence-electron chi connectivity index (χ0n) is 14.6. The summed E-state index contributed by atoms with van der Waals surface area (Å²) in [6, 6.07) is 0. The first-order valence-corrected chi connectivity index (χ1v) is 8.92. The molecule has 3 heteroatoms. The van der Waals surface area contributed by atoms with Crippen LogP contribution in [0.2, 0.25) is 0 Å². The second-order valence-electron chi connectivity index (χ2n) is 6.75. The number of ether oxygens (including phenoxy) is 3. The minimum absolute atomic E-state index is 0.440. The fourth-order valence-electron chi connectivity index (χ4n) is 3.22. The molecule has 0 spiro atoms. The maximum absolute atomic E-state index is 6.12. The van der Waals surface area contributed by atoms with Crippen LogP contribution in [0.3, 0.4) is 0 Å². The molecule has 126 valence electrons. The molecule has 3 unspecified atom stereocenters. The molecular weight excluding hydrogens is 264 g/mol. The molecule has 3 nitrogen and oxygen atoms in total. The molecule has 0 bridgehead atoms. The summed E-state index contributed by atoms with van der Waals surface area (Å²) in [5.74, 6) is 2.26. The van der Waals surface area contributed by atoms with E-state index < -0.39 is 0 Å². The average molecular weight is 300 g/mol. The first kappa shape index (κ1) is 18.9. The van der Waals surface area contributed by atoms with E-state index in [1.807, 2.05) is 6.92 Å². The van der Waals surface area contributed by atoms with Crippen LogP contribution in [-0.2, 0) is 14.2 Å². The Morgan fingerprint density at radius 1 is 0.952 bits per heavy atom. The Balaban J connectivity index is 2.04. The molecule has 0 aromatic rings. The summed E-state index contributed by atoms with van der Waals surface area (Å²) in [6.45, 7) is 13.0. The van der Waals surface area contributed by atoms with Gasteiger partial charge in [0.2, 0.25) is 0 Å². The maximum Gasteiger partial charge on any atom is 0.0704 e. The molecule has 0 saturated heterocycles. The Kier molecular flexibility index (Phi) is 10.3. The van der Waals surface area contributed by atoms with E-state index >= 15 is 0 Å². The van der Waals surface area contributed by atoms with E-state index in [9.17, 15) is 0 Å². The Labute approximate surface area is 131 Å². The van der Waals surface area contributed by atoms with Gasteiger partial charge < -0.3 is 14.2 Å². The van der Waals surface area contributed by atoms with Crippen molar-refractivity contribution in [3.63, 3.8) is 0 Å². The van der Waals surface area contributed by atoms with E-state index in [0.717, 1.165) is 63.6 Å². The van der Waals surface area contributed by atoms with Crippen LogP contribution in [0.5, 0.6) is 0 Å². The van der Waals surface area contributed by atoms with Crippen LogP contribution in [0.1, 0.15) is 59.8 Å². The maximum atomic E-state index is 6.12. The van der Waals surface area contributed by atoms with Gasteiger partial charge in [-0.15, -0.1) is 0 Å². The highest BCUT2D eigenvalue weighted by Crippen LogP contribution is 2.35. The minimum atomic E-state index is 0.440. The second kappa shape index (κ2) is 11.4. The van der Waals surface area contributed by atoms with E-state index in [-0.39, 0.29) is 0 Å². The van der Waals surface area contributed by atoms with Crippen molar-refractivity contribution in [3.05, 3.63) is 0 Å². The highest BCUT2D eigenvalue weighted by atomic mass is 16.5. The van der Waals surface area contributed by atoms with Gasteiger partial charge in [-0.3, -0.25) is 0 Å². The summed E-state index contributed by atoms with van der Waals surface area (Å²) in [5.41, 5.74) is 0. The van der Waals surface area contributed by atoms with Crippen LogP contribution in [0.25, 0.3) is 0 Å². The number of unbranched alkanes of at least 4 members (excludes halogenated alkanes) is 1. The first-order chi connectivity index (χ1) is 10.1. The van der Waals surface area contributed by atoms with Gasteiger partial charge in [0.15, 0.2) is 0 Å². The molecule has 21 heavy (non-hydrogen) atoms. The van der Waals surface area contributed by atoms with Crippen molar-refractivity contribution in [2.24, 2.45) is 17.8 Å². The lowest BCUT2D eigenvalue weighted by Gasteiger charge is -2.37. The van der Waals surface area contributed by atoms with Gasteiger partial charge in [0, 0.05) is 19.8 Å². The predicted octanol–water partition coefficient (Wildman–Crippen LogP) is 4.30. The highest BCUT2D eigenvalue weighted by molar-refractivity contribution is 4.81. The average Bonchev–Trinajstić information content (AvgIpc) is 2.45. The zero-order valence-corrected chi connectivity index (χ0v) is 14.6. The lowest BCUT2D eigenvalue weighted by atomic mass is 9.75. The minimum Gasteiger partial charge on any atom is -0.382 e. The quantitative estimate of drug-likeness (QED) is 0.533. The van der Waals surface area contributed by atoms with Crippen LogP contribution in [0.4, 0.5) is 0 Å². The molecule has 3 atom stereocenters. The third-order valence-corrected chi connectivity index (χ3v) is 4.55. The first-order valence-electron chi connectivity index (χ1n) is 8.92. The smallest absolute Gasteiger partial charge is 0.0704 e. The SMILES string of the molecule is CCOCCCCOCCOC1CC(C)CCC1C(C)C. The third kappa shape index (κ3) is 8.18. The Morgan fingerprint density at radius 2 is 1.67 bits per heavy atom. The van der Waals surface area contributed by atoms with E-state index in [0.29, 0.717) is 6.10 Å². The lowest BCUT2D eigenvalue weighted by Crippen LogP contribution is -2.35. The number of rotatable bonds is 11. The van der Waals surface area contributed by atoms with Crippen molar-refractivity contribution in [1.29, 1.82) is 0 Å². The molecule has 0 aromatic heterocycles. The summed E-state index contributed by atoms with van der Waals surface area (Å²) < 4.78 is 17.1. The molecule has 1 aliphatic rings. The van der Waals surface area contributed by atoms with Crippen LogP contribution in [0.15, 0.2) is 0 Å². The fraction of sp³-hybridized carbons (Fsp3) is 1.00. The van der Waals surface area contributed by atoms with Gasteiger partial charge in [-0.2, -0.15) is 0 Å². The lowest BCUT2D eigenvalue weighted by molar-refractivity contribution is -0.0584. The van der Waals surface area contributed by atoms with Gasteiger partial charge >= 0.3 is 0 Å². The molecule has 0 amide bonds. The van der Waals surface area contributed by atoms with Crippen molar-refractivity contribution in [2.75, 3.05) is 33.0 Å². The standard InChI is InChI=1S/C18H36O3/c1-5-19-10-6-7-11-20-12-13-21-18-14-16(4)8-9-17(18)15(2)3/h15-18H,5-14H2,1-4H3. The van der Waals surface area contributed by atoms with E-state index in [1.54, 1.807) is 0 Å². The van der Waals surface area contributed by atoms with Crippen molar-refractivity contribution in [2.45, 2.75) is 65.9 Å². The molecule has 0 aromatic carbocycles. The Hall–Kier alpha value is -0.120. The van der Waals surface area contributed by atoms with Gasteiger partial charge in [0.25, 0.3) is 0 Å². The van der Waals surface area contributed by atoms with E-state index in [4.69, 9.17) is 14.2 Å². The summed E-state index contributed by atoms with van der Waals surface area (Å²) in [6.07, 6.45) is 6.51. The molecule has 0 N–H and O–H groups in total. The largest absolute Gasteiger partial charge is 0.382 e. The molecule has 0 aliphatic heterocycles. The van der Waals surface area contributed by atoms with E-state index in [2.05, 4.69) is 20.8 Å². The van der Waals surface area contributed by atoms with Crippen molar-refractivity contribution < 1.29 is 14.2 Å². The van der Waals surface area contributed by atoms with Crippen LogP contribution in [0, 0.1) is 17.8 Å². The number of hydrogen-bond acceptors (Lipinski definition) is 3. The summed E-state index contributed by atoms with van der Waals surface area (Å²) in [7, 11) is 0. The molecule has 1 fully saturated rings. The summed E-state index contributed by atoms with van der Waals surface area (Å²) >= 11 is 0. The van der Waals surface area contributed by atoms with Gasteiger partial charge in [0.1, 0.15) is 0 Å². The van der Waals surface area contributed by atoms with E-state index in [1.165, 1.54) is 19.3 Å². The number of hydrogen-bond donors (Lipinski definition) is 0. The molecule has 0 radical (unpaired) electrons. The van der Waals surface area contributed by atoms with Crippen LogP contribution < -0.4 is 0 Å². The molecular formula is C18H36O3. The van der Waals surface area contributed by atoms with Crippen LogP contribution >= 0.6 is 0 Å². The summed E-state index contributed by atoms with van der Waals surface area (Å²) in [5, 5.41) is 0. The fourth-order valence-corrected chi connectivity index (χ4v) is 3.22.